The van der Waals surface area contributed by atoms with Gasteiger partial charge in [0, 0.05) is 54.0 Å². The molecule has 7 nitrogen and oxygen atoms in total. The fourth-order valence-electron chi connectivity index (χ4n) is 4.87. The number of rotatable bonds is 19. The van der Waals surface area contributed by atoms with E-state index in [1.807, 2.05) is 24.3 Å². The molecule has 0 bridgehead atoms. The molecule has 8 heteroatoms. The molecular formula is C33H43N3O4S. The van der Waals surface area contributed by atoms with E-state index >= 15 is 0 Å². The van der Waals surface area contributed by atoms with Gasteiger partial charge in [0.1, 0.15) is 12.5 Å². The minimum atomic E-state index is -0.121. The van der Waals surface area contributed by atoms with Crippen molar-refractivity contribution in [1.29, 1.82) is 0 Å². The molecule has 0 saturated carbocycles. The normalized spacial score (nSPS) is 11.4. The Morgan fingerprint density at radius 3 is 2.71 bits per heavy atom. The zero-order chi connectivity index (χ0) is 28.7. The van der Waals surface area contributed by atoms with Crippen LogP contribution < -0.4 is 15.6 Å². The van der Waals surface area contributed by atoms with E-state index in [-0.39, 0.29) is 11.5 Å². The molecule has 41 heavy (non-hydrogen) atoms. The van der Waals surface area contributed by atoms with Crippen LogP contribution in [0.4, 0.5) is 5.69 Å². The number of benzene rings is 2. The number of esters is 1. The third-order valence-corrected chi connectivity index (χ3v) is 8.10. The number of fused-ring (bicyclic) bond motifs is 2. The van der Waals surface area contributed by atoms with Crippen molar-refractivity contribution < 1.29 is 14.3 Å². The summed E-state index contributed by atoms with van der Waals surface area (Å²) in [6.07, 6.45) is 9.19. The number of carbonyl (C=O) groups excluding carboxylic acids is 1. The Morgan fingerprint density at radius 2 is 1.80 bits per heavy atom. The van der Waals surface area contributed by atoms with E-state index in [1.165, 1.54) is 41.8 Å². The van der Waals surface area contributed by atoms with Crippen LogP contribution in [0.5, 0.6) is 5.75 Å². The highest BCUT2D eigenvalue weighted by Crippen LogP contribution is 2.27. The number of anilines is 1. The van der Waals surface area contributed by atoms with Crippen LogP contribution in [0.15, 0.2) is 64.8 Å². The monoisotopic (exact) mass is 577 g/mol. The van der Waals surface area contributed by atoms with E-state index in [9.17, 15) is 9.59 Å². The van der Waals surface area contributed by atoms with Crippen LogP contribution in [0.1, 0.15) is 64.7 Å². The highest BCUT2D eigenvalue weighted by atomic mass is 32.1. The number of hydrogen-bond donors (Lipinski definition) is 2. The minimum absolute atomic E-state index is 0.112. The highest BCUT2D eigenvalue weighted by molar-refractivity contribution is 7.17. The van der Waals surface area contributed by atoms with Gasteiger partial charge < -0.3 is 19.8 Å². The largest absolute Gasteiger partial charge is 0.494 e. The van der Waals surface area contributed by atoms with Crippen molar-refractivity contribution in [3.8, 4) is 5.75 Å². The maximum atomic E-state index is 12.4. The number of unbranched alkanes of at least 4 members (excludes halogenated alkanes) is 6. The summed E-state index contributed by atoms with van der Waals surface area (Å²) in [6.45, 7) is 5.43. The molecule has 2 heterocycles. The Balaban J connectivity index is 1.21. The van der Waals surface area contributed by atoms with Crippen LogP contribution in [0.2, 0.25) is 0 Å². The lowest BCUT2D eigenvalue weighted by atomic mass is 10.1. The predicted octanol–water partition coefficient (Wildman–Crippen LogP) is 7.57. The summed E-state index contributed by atoms with van der Waals surface area (Å²) in [5.41, 5.74) is 1.78. The Labute approximate surface area is 246 Å². The molecule has 2 aromatic heterocycles. The van der Waals surface area contributed by atoms with Gasteiger partial charge in [-0.3, -0.25) is 14.5 Å². The van der Waals surface area contributed by atoms with E-state index < -0.39 is 0 Å². The molecule has 0 radical (unpaired) electrons. The summed E-state index contributed by atoms with van der Waals surface area (Å²) in [5.74, 6) is 0.630. The first-order valence-corrected chi connectivity index (χ1v) is 15.8. The van der Waals surface area contributed by atoms with Crippen molar-refractivity contribution in [3.63, 3.8) is 0 Å². The second-order valence-electron chi connectivity index (χ2n) is 10.5. The number of aromatic nitrogens is 1. The highest BCUT2D eigenvalue weighted by Gasteiger charge is 2.10. The fraction of sp³-hybridized carbons (Fsp3) is 0.455. The molecule has 0 aliphatic heterocycles. The van der Waals surface area contributed by atoms with E-state index in [4.69, 9.17) is 9.47 Å². The van der Waals surface area contributed by atoms with Crippen LogP contribution in [0, 0.1) is 0 Å². The lowest BCUT2D eigenvalue weighted by Gasteiger charge is -2.22. The third kappa shape index (κ3) is 10.2. The summed E-state index contributed by atoms with van der Waals surface area (Å²) in [5, 5.41) is 7.90. The summed E-state index contributed by atoms with van der Waals surface area (Å²) < 4.78 is 12.9. The van der Waals surface area contributed by atoms with E-state index in [2.05, 4.69) is 51.8 Å². The molecule has 0 fully saturated rings. The average molecular weight is 578 g/mol. The molecule has 2 N–H and O–H groups in total. The van der Waals surface area contributed by atoms with Gasteiger partial charge in [-0.1, -0.05) is 45.1 Å². The third-order valence-electron chi connectivity index (χ3n) is 7.22. The lowest BCUT2D eigenvalue weighted by molar-refractivity contribution is -0.148. The lowest BCUT2D eigenvalue weighted by Crippen LogP contribution is -2.33. The van der Waals surface area contributed by atoms with Crippen molar-refractivity contribution in [1.82, 2.24) is 9.88 Å². The number of ether oxygens (including phenoxy) is 2. The molecule has 0 amide bonds. The minimum Gasteiger partial charge on any atom is -0.494 e. The van der Waals surface area contributed by atoms with Gasteiger partial charge in [0.15, 0.2) is 0 Å². The van der Waals surface area contributed by atoms with Crippen LogP contribution in [-0.4, -0.2) is 48.8 Å². The summed E-state index contributed by atoms with van der Waals surface area (Å²) in [4.78, 5) is 29.0. The van der Waals surface area contributed by atoms with Crippen molar-refractivity contribution >= 4 is 44.0 Å². The molecule has 0 spiro atoms. The van der Waals surface area contributed by atoms with Gasteiger partial charge in [0.25, 0.3) is 0 Å². The topological polar surface area (TPSA) is 83.7 Å². The van der Waals surface area contributed by atoms with Crippen LogP contribution in [0.25, 0.3) is 21.0 Å². The number of H-pyrrole nitrogens is 1. The number of nitrogens with one attached hydrogen (secondary N) is 2. The number of hydrogen-bond acceptors (Lipinski definition) is 7. The molecule has 0 aliphatic carbocycles. The number of thiophene rings is 1. The molecule has 0 aliphatic rings. The summed E-state index contributed by atoms with van der Waals surface area (Å²) >= 11 is 1.74. The molecule has 0 unspecified atom stereocenters. The Hall–Kier alpha value is -3.36. The second kappa shape index (κ2) is 16.8. The van der Waals surface area contributed by atoms with Crippen molar-refractivity contribution in [2.75, 3.05) is 38.3 Å². The summed E-state index contributed by atoms with van der Waals surface area (Å²) in [6, 6.07) is 17.6. The number of carbonyl (C=O) groups is 1. The average Bonchev–Trinajstić information content (AvgIpc) is 3.47. The van der Waals surface area contributed by atoms with E-state index in [1.54, 1.807) is 11.3 Å². The zero-order valence-electron chi connectivity index (χ0n) is 24.2. The predicted molar refractivity (Wildman–Crippen MR) is 170 cm³/mol. The van der Waals surface area contributed by atoms with Gasteiger partial charge >= 0.3 is 5.97 Å². The first kappa shape index (κ1) is 30.6. The Kier molecular flexibility index (Phi) is 12.5. The van der Waals surface area contributed by atoms with E-state index in [0.717, 1.165) is 67.7 Å². The number of nitrogens with zero attached hydrogens (tertiary/aromatic N) is 1. The standard InChI is InChI=1S/C33H43N3O4S/c1-2-3-4-5-6-7-13-33(38)40-25-36(21-19-34-29-11-10-12-31-28(29)18-23-41-31)20-8-9-22-39-27-16-14-26-15-17-32(37)35-30(26)24-27/h10-12,14-18,23-24,34H,2-9,13,19-22,25H2,1H3,(H,35,37). The molecule has 2 aromatic carbocycles. The first-order chi connectivity index (χ1) is 20.1. The van der Waals surface area contributed by atoms with Gasteiger partial charge in [-0.2, -0.15) is 0 Å². The van der Waals surface area contributed by atoms with Crippen LogP contribution >= 0.6 is 11.3 Å². The van der Waals surface area contributed by atoms with Crippen molar-refractivity contribution in [3.05, 3.63) is 70.3 Å². The zero-order valence-corrected chi connectivity index (χ0v) is 25.0. The molecule has 0 saturated heterocycles. The van der Waals surface area contributed by atoms with Gasteiger partial charge in [-0.25, -0.2) is 0 Å². The fourth-order valence-corrected chi connectivity index (χ4v) is 5.68. The second-order valence-corrected chi connectivity index (χ2v) is 11.4. The number of pyridine rings is 1. The van der Waals surface area contributed by atoms with Crippen LogP contribution in [-0.2, 0) is 9.53 Å². The molecule has 4 rings (SSSR count). The maximum absolute atomic E-state index is 12.4. The van der Waals surface area contributed by atoms with Crippen molar-refractivity contribution in [2.45, 2.75) is 64.7 Å². The van der Waals surface area contributed by atoms with Gasteiger partial charge in [0.2, 0.25) is 5.56 Å². The molecule has 0 atom stereocenters. The molecule has 220 valence electrons. The Morgan fingerprint density at radius 1 is 0.951 bits per heavy atom. The quantitative estimate of drug-likeness (QED) is 0.0679. The van der Waals surface area contributed by atoms with Gasteiger partial charge in [0.05, 0.1) is 12.1 Å². The SMILES string of the molecule is CCCCCCCCC(=O)OCN(CCCCOc1ccc2ccc(=O)[nH]c2c1)CCNc1cccc2sccc12. The molecular weight excluding hydrogens is 534 g/mol. The summed E-state index contributed by atoms with van der Waals surface area (Å²) in [7, 11) is 0. The van der Waals surface area contributed by atoms with Crippen molar-refractivity contribution in [2.24, 2.45) is 0 Å². The number of aromatic amines is 1. The van der Waals surface area contributed by atoms with Gasteiger partial charge in [-0.05, 0) is 66.4 Å². The smallest absolute Gasteiger partial charge is 0.307 e. The van der Waals surface area contributed by atoms with Gasteiger partial charge in [-0.15, -0.1) is 11.3 Å². The maximum Gasteiger partial charge on any atom is 0.307 e. The van der Waals surface area contributed by atoms with E-state index in [0.29, 0.717) is 19.8 Å². The van der Waals surface area contributed by atoms with Crippen LogP contribution in [0.3, 0.4) is 0 Å². The first-order valence-electron chi connectivity index (χ1n) is 15.0. The molecule has 4 aromatic rings. The Bertz CT molecular complexity index is 1420.